The summed E-state index contributed by atoms with van der Waals surface area (Å²) in [5, 5.41) is 0. The molecule has 1 aromatic rings. The van der Waals surface area contributed by atoms with E-state index in [9.17, 15) is 4.79 Å². The van der Waals surface area contributed by atoms with Crippen LogP contribution in [0.3, 0.4) is 0 Å². The Morgan fingerprint density at radius 2 is 2.27 bits per heavy atom. The van der Waals surface area contributed by atoms with Crippen molar-refractivity contribution >= 4 is 28.3 Å². The first kappa shape index (κ1) is 17.8. The normalized spacial score (nSPS) is 18.4. The van der Waals surface area contributed by atoms with E-state index in [1.54, 1.807) is 0 Å². The summed E-state index contributed by atoms with van der Waals surface area (Å²) < 4.78 is 16.4. The summed E-state index contributed by atoms with van der Waals surface area (Å²) in [7, 11) is 0. The molecule has 1 unspecified atom stereocenters. The summed E-state index contributed by atoms with van der Waals surface area (Å²) in [5.41, 5.74) is 2.17. The number of hydrogen-bond donors (Lipinski definition) is 0. The molecule has 6 heteroatoms. The Bertz CT molecular complexity index is 487. The third-order valence-electron chi connectivity index (χ3n) is 3.22. The number of rotatable bonds is 6. The molecule has 22 heavy (non-hydrogen) atoms. The molecule has 1 atom stereocenters. The van der Waals surface area contributed by atoms with E-state index in [1.807, 2.05) is 26.0 Å². The molecule has 4 nitrogen and oxygen atoms in total. The largest absolute Gasteiger partial charge is 0.353 e. The molecule has 0 saturated carbocycles. The van der Waals surface area contributed by atoms with Crippen LogP contribution < -0.4 is 0 Å². The van der Waals surface area contributed by atoms with Gasteiger partial charge >= 0.3 is 0 Å². The Hall–Kier alpha value is -0.530. The quantitative estimate of drug-likeness (QED) is 0.539. The summed E-state index contributed by atoms with van der Waals surface area (Å²) in [4.78, 5) is 12.8. The van der Waals surface area contributed by atoms with Gasteiger partial charge in [0, 0.05) is 11.5 Å². The van der Waals surface area contributed by atoms with E-state index in [4.69, 9.17) is 13.7 Å². The van der Waals surface area contributed by atoms with Gasteiger partial charge in [-0.05, 0) is 56.5 Å². The molecule has 0 N–H and O–H groups in total. The second-order valence-electron chi connectivity index (χ2n) is 5.06. The molecule has 0 radical (unpaired) electrons. The number of thioether (sulfide) groups is 1. The first-order valence-corrected chi connectivity index (χ1v) is 9.09. The molecule has 0 bridgehead atoms. The highest BCUT2D eigenvalue weighted by Crippen LogP contribution is 2.30. The number of carbonyl (C=O) groups is 1. The zero-order valence-corrected chi connectivity index (χ0v) is 14.6. The Morgan fingerprint density at radius 3 is 3.00 bits per heavy atom. The van der Waals surface area contributed by atoms with Gasteiger partial charge in [-0.25, -0.2) is 0 Å². The van der Waals surface area contributed by atoms with Crippen molar-refractivity contribution in [3.05, 3.63) is 29.3 Å². The predicted molar refractivity (Wildman–Crippen MR) is 90.0 cm³/mol. The molecule has 1 aliphatic heterocycles. The van der Waals surface area contributed by atoms with Gasteiger partial charge in [-0.2, -0.15) is 0 Å². The Morgan fingerprint density at radius 1 is 1.41 bits per heavy atom. The van der Waals surface area contributed by atoms with Crippen LogP contribution >= 0.6 is 23.8 Å². The van der Waals surface area contributed by atoms with Crippen molar-refractivity contribution in [3.8, 4) is 0 Å². The third-order valence-corrected chi connectivity index (χ3v) is 4.95. The first-order valence-electron chi connectivity index (χ1n) is 7.53. The molecule has 0 aromatic heterocycles. The van der Waals surface area contributed by atoms with Crippen LogP contribution in [0.1, 0.15) is 37.3 Å². The lowest BCUT2D eigenvalue weighted by Crippen LogP contribution is -2.22. The molecule has 122 valence electrons. The van der Waals surface area contributed by atoms with Crippen LogP contribution in [-0.2, 0) is 20.3 Å². The summed E-state index contributed by atoms with van der Waals surface area (Å²) >= 11 is 2.07. The smallest absolute Gasteiger partial charge is 0.277 e. The van der Waals surface area contributed by atoms with Crippen molar-refractivity contribution in [1.29, 1.82) is 0 Å². The summed E-state index contributed by atoms with van der Waals surface area (Å²) in [6.07, 6.45) is 3.06. The van der Waals surface area contributed by atoms with E-state index in [2.05, 4.69) is 6.07 Å². The number of hydrogen-bond acceptors (Lipinski definition) is 6. The van der Waals surface area contributed by atoms with Gasteiger partial charge in [0.1, 0.15) is 0 Å². The third kappa shape index (κ3) is 5.93. The molecular formula is C16H22O4S2. The standard InChI is InChI=1S/C16H22O4S2/c1-3-20-22-16(17)21-14-8-7-12(2)10-13(14)11-19-15-6-4-5-9-18-15/h7-8,10,15H,3-6,9,11H2,1-2H3. The van der Waals surface area contributed by atoms with E-state index in [1.165, 1.54) is 11.8 Å². The minimum Gasteiger partial charge on any atom is -0.353 e. The Balaban J connectivity index is 1.95. The second kappa shape index (κ2) is 9.57. The van der Waals surface area contributed by atoms with Gasteiger partial charge in [0.05, 0.1) is 25.3 Å². The molecule has 1 saturated heterocycles. The van der Waals surface area contributed by atoms with Gasteiger partial charge < -0.3 is 13.7 Å². The van der Waals surface area contributed by atoms with Crippen LogP contribution in [0, 0.1) is 6.92 Å². The molecular weight excluding hydrogens is 320 g/mol. The maximum Gasteiger partial charge on any atom is 0.277 e. The number of benzene rings is 1. The van der Waals surface area contributed by atoms with Crippen molar-refractivity contribution in [2.45, 2.75) is 50.9 Å². The zero-order chi connectivity index (χ0) is 15.8. The second-order valence-corrected chi connectivity index (χ2v) is 7.11. The lowest BCUT2D eigenvalue weighted by atomic mass is 10.1. The van der Waals surface area contributed by atoms with Gasteiger partial charge in [0.25, 0.3) is 4.45 Å². The van der Waals surface area contributed by atoms with E-state index in [0.717, 1.165) is 53.9 Å². The lowest BCUT2D eigenvalue weighted by molar-refractivity contribution is -0.169. The maximum atomic E-state index is 11.8. The van der Waals surface area contributed by atoms with Crippen molar-refractivity contribution in [1.82, 2.24) is 0 Å². The highest BCUT2D eigenvalue weighted by Gasteiger charge is 2.16. The van der Waals surface area contributed by atoms with Crippen LogP contribution in [0.4, 0.5) is 4.79 Å². The minimum absolute atomic E-state index is 0.0686. The lowest BCUT2D eigenvalue weighted by Gasteiger charge is -2.23. The number of carbonyl (C=O) groups excluding carboxylic acids is 1. The summed E-state index contributed by atoms with van der Waals surface area (Å²) in [6, 6.07) is 6.02. The maximum absolute atomic E-state index is 11.8. The van der Waals surface area contributed by atoms with E-state index >= 15 is 0 Å². The molecule has 0 amide bonds. The highest BCUT2D eigenvalue weighted by molar-refractivity contribution is 8.36. The molecule has 1 aliphatic rings. The summed E-state index contributed by atoms with van der Waals surface area (Å²) in [6.45, 7) is 5.64. The monoisotopic (exact) mass is 342 g/mol. The van der Waals surface area contributed by atoms with Crippen molar-refractivity contribution in [2.75, 3.05) is 13.2 Å². The average molecular weight is 342 g/mol. The fourth-order valence-electron chi connectivity index (χ4n) is 2.16. The topological polar surface area (TPSA) is 44.8 Å². The zero-order valence-electron chi connectivity index (χ0n) is 13.0. The van der Waals surface area contributed by atoms with Gasteiger partial charge in [0.15, 0.2) is 6.29 Å². The van der Waals surface area contributed by atoms with Gasteiger partial charge in [0.2, 0.25) is 0 Å². The fourth-order valence-corrected chi connectivity index (χ4v) is 3.49. The van der Waals surface area contributed by atoms with E-state index in [0.29, 0.717) is 13.2 Å². The van der Waals surface area contributed by atoms with Gasteiger partial charge in [-0.15, -0.1) is 0 Å². The van der Waals surface area contributed by atoms with Crippen LogP contribution in [0.5, 0.6) is 0 Å². The molecule has 0 aliphatic carbocycles. The van der Waals surface area contributed by atoms with Crippen LogP contribution in [0.15, 0.2) is 23.1 Å². The summed E-state index contributed by atoms with van der Waals surface area (Å²) in [5.74, 6) is 0. The average Bonchev–Trinajstić information content (AvgIpc) is 2.54. The van der Waals surface area contributed by atoms with Gasteiger partial charge in [-0.1, -0.05) is 17.7 Å². The molecule has 1 fully saturated rings. The Labute approximate surface area is 140 Å². The number of ether oxygens (including phenoxy) is 2. The molecule has 2 rings (SSSR count). The van der Waals surface area contributed by atoms with Crippen molar-refractivity contribution in [2.24, 2.45) is 0 Å². The molecule has 1 aromatic carbocycles. The van der Waals surface area contributed by atoms with Crippen LogP contribution in [0.25, 0.3) is 0 Å². The van der Waals surface area contributed by atoms with E-state index in [-0.39, 0.29) is 10.7 Å². The SMILES string of the molecule is CCOSC(=O)Sc1ccc(C)cc1COC1CCCCO1. The highest BCUT2D eigenvalue weighted by atomic mass is 32.2. The van der Waals surface area contributed by atoms with Crippen molar-refractivity contribution < 1.29 is 18.5 Å². The fraction of sp³-hybridized carbons (Fsp3) is 0.562. The van der Waals surface area contributed by atoms with Crippen molar-refractivity contribution in [3.63, 3.8) is 0 Å². The Kier molecular flexibility index (Phi) is 7.75. The minimum atomic E-state index is -0.124. The molecule has 0 spiro atoms. The van der Waals surface area contributed by atoms with Crippen LogP contribution in [-0.4, -0.2) is 24.0 Å². The van der Waals surface area contributed by atoms with Gasteiger partial charge in [-0.3, -0.25) is 4.79 Å². The predicted octanol–water partition coefficient (Wildman–Crippen LogP) is 4.94. The van der Waals surface area contributed by atoms with Crippen LogP contribution in [0.2, 0.25) is 0 Å². The first-order chi connectivity index (χ1) is 10.7. The number of aryl methyl sites for hydroxylation is 1. The molecule has 1 heterocycles. The van der Waals surface area contributed by atoms with E-state index < -0.39 is 0 Å².